The monoisotopic (exact) mass is 291 g/mol. The highest BCUT2D eigenvalue weighted by Gasteiger charge is 2.19. The van der Waals surface area contributed by atoms with Crippen molar-refractivity contribution < 1.29 is 9.84 Å². The van der Waals surface area contributed by atoms with Crippen molar-refractivity contribution in [3.63, 3.8) is 0 Å². The van der Waals surface area contributed by atoms with E-state index < -0.39 is 6.10 Å². The Morgan fingerprint density at radius 2 is 1.95 bits per heavy atom. The maximum Gasteiger partial charge on any atom is 0.0921 e. The number of aliphatic hydroxyl groups is 1. The van der Waals surface area contributed by atoms with Gasteiger partial charge in [-0.1, -0.05) is 17.7 Å². The van der Waals surface area contributed by atoms with E-state index in [1.807, 2.05) is 0 Å². The fraction of sp³-hybridized carbons (Fsp3) is 0.667. The van der Waals surface area contributed by atoms with Crippen LogP contribution in [0.1, 0.15) is 41.2 Å². The molecule has 1 aliphatic heterocycles. The minimum atomic E-state index is -0.417. The molecule has 1 aliphatic rings. The molecule has 3 heteroatoms. The Morgan fingerprint density at radius 1 is 1.29 bits per heavy atom. The van der Waals surface area contributed by atoms with Crippen LogP contribution in [0.15, 0.2) is 12.1 Å². The molecule has 118 valence electrons. The molecule has 1 aromatic rings. The van der Waals surface area contributed by atoms with Crippen molar-refractivity contribution in [3.8, 4) is 0 Å². The SMILES string of the molecule is Cc1cc(C)c(C(O)CN(C)CC2CCCOC2)c(C)c1. The van der Waals surface area contributed by atoms with E-state index in [1.54, 1.807) is 0 Å². The molecule has 0 amide bonds. The molecule has 21 heavy (non-hydrogen) atoms. The zero-order chi connectivity index (χ0) is 15.4. The molecule has 0 saturated carbocycles. The Hall–Kier alpha value is -0.900. The molecule has 0 radical (unpaired) electrons. The Bertz CT molecular complexity index is 443. The van der Waals surface area contributed by atoms with E-state index >= 15 is 0 Å². The summed E-state index contributed by atoms with van der Waals surface area (Å²) in [6, 6.07) is 4.31. The van der Waals surface area contributed by atoms with Crippen LogP contribution in [0.25, 0.3) is 0 Å². The van der Waals surface area contributed by atoms with Crippen LogP contribution in [0.4, 0.5) is 0 Å². The first-order valence-corrected chi connectivity index (χ1v) is 7.99. The number of aliphatic hydroxyl groups excluding tert-OH is 1. The molecule has 1 N–H and O–H groups in total. The Morgan fingerprint density at radius 3 is 2.52 bits per heavy atom. The van der Waals surface area contributed by atoms with Crippen molar-refractivity contribution in [1.29, 1.82) is 0 Å². The van der Waals surface area contributed by atoms with Gasteiger partial charge in [-0.15, -0.1) is 0 Å². The summed E-state index contributed by atoms with van der Waals surface area (Å²) < 4.78 is 5.53. The quantitative estimate of drug-likeness (QED) is 0.905. The number of benzene rings is 1. The number of aryl methyl sites for hydroxylation is 3. The standard InChI is InChI=1S/C18H29NO2/c1-13-8-14(2)18(15(3)9-13)17(20)11-19(4)10-16-6-5-7-21-12-16/h8-9,16-17,20H,5-7,10-12H2,1-4H3. The third-order valence-corrected chi connectivity index (χ3v) is 4.38. The molecule has 2 atom stereocenters. The van der Waals surface area contributed by atoms with E-state index in [4.69, 9.17) is 4.74 Å². The predicted molar refractivity (Wildman–Crippen MR) is 86.7 cm³/mol. The number of rotatable bonds is 5. The van der Waals surface area contributed by atoms with Crippen molar-refractivity contribution in [3.05, 3.63) is 34.4 Å². The van der Waals surface area contributed by atoms with Gasteiger partial charge < -0.3 is 14.7 Å². The van der Waals surface area contributed by atoms with Crippen molar-refractivity contribution in [2.45, 2.75) is 39.7 Å². The van der Waals surface area contributed by atoms with E-state index in [0.29, 0.717) is 12.5 Å². The summed E-state index contributed by atoms with van der Waals surface area (Å²) in [6.45, 7) is 9.74. The van der Waals surface area contributed by atoms with E-state index in [0.717, 1.165) is 31.7 Å². The lowest BCUT2D eigenvalue weighted by Crippen LogP contribution is -2.33. The minimum absolute atomic E-state index is 0.417. The van der Waals surface area contributed by atoms with Crippen molar-refractivity contribution in [2.75, 3.05) is 33.4 Å². The van der Waals surface area contributed by atoms with Crippen LogP contribution in [-0.4, -0.2) is 43.4 Å². The van der Waals surface area contributed by atoms with Gasteiger partial charge in [-0.3, -0.25) is 0 Å². The first-order chi connectivity index (χ1) is 9.97. The normalized spacial score (nSPS) is 20.8. The molecule has 3 nitrogen and oxygen atoms in total. The number of likely N-dealkylation sites (N-methyl/N-ethyl adjacent to an activating group) is 1. The summed E-state index contributed by atoms with van der Waals surface area (Å²) in [4.78, 5) is 2.24. The Labute approximate surface area is 128 Å². The highest BCUT2D eigenvalue weighted by molar-refractivity contribution is 5.39. The topological polar surface area (TPSA) is 32.7 Å². The maximum atomic E-state index is 10.6. The fourth-order valence-corrected chi connectivity index (χ4v) is 3.57. The summed E-state index contributed by atoms with van der Waals surface area (Å²) in [5.41, 5.74) is 4.73. The van der Waals surface area contributed by atoms with E-state index in [-0.39, 0.29) is 0 Å². The first kappa shape index (κ1) is 16.5. The molecule has 0 spiro atoms. The zero-order valence-electron chi connectivity index (χ0n) is 13.9. The van der Waals surface area contributed by atoms with Crippen LogP contribution in [0.2, 0.25) is 0 Å². The highest BCUT2D eigenvalue weighted by Crippen LogP contribution is 2.24. The van der Waals surface area contributed by atoms with Crippen LogP contribution in [0.3, 0.4) is 0 Å². The van der Waals surface area contributed by atoms with Gasteiger partial charge in [0.15, 0.2) is 0 Å². The molecule has 1 fully saturated rings. The molecule has 2 unspecified atom stereocenters. The van der Waals surface area contributed by atoms with E-state index in [1.165, 1.54) is 23.1 Å². The largest absolute Gasteiger partial charge is 0.387 e. The molecule has 1 heterocycles. The number of hydrogen-bond acceptors (Lipinski definition) is 3. The Balaban J connectivity index is 1.95. The van der Waals surface area contributed by atoms with Crippen LogP contribution in [-0.2, 0) is 4.74 Å². The predicted octanol–water partition coefficient (Wildman–Crippen LogP) is 3.00. The second kappa shape index (κ2) is 7.39. The first-order valence-electron chi connectivity index (χ1n) is 7.99. The third kappa shape index (κ3) is 4.53. The van der Waals surface area contributed by atoms with Gasteiger partial charge in [0.2, 0.25) is 0 Å². The van der Waals surface area contributed by atoms with Crippen LogP contribution < -0.4 is 0 Å². The average Bonchev–Trinajstić information content (AvgIpc) is 2.38. The molecule has 0 aliphatic carbocycles. The molecule has 1 saturated heterocycles. The molecule has 1 aromatic carbocycles. The molecule has 2 rings (SSSR count). The lowest BCUT2D eigenvalue weighted by Gasteiger charge is -2.29. The number of nitrogens with zero attached hydrogens (tertiary/aromatic N) is 1. The highest BCUT2D eigenvalue weighted by atomic mass is 16.5. The van der Waals surface area contributed by atoms with Gasteiger partial charge in [0.1, 0.15) is 0 Å². The van der Waals surface area contributed by atoms with Crippen molar-refractivity contribution >= 4 is 0 Å². The van der Waals surface area contributed by atoms with Gasteiger partial charge in [-0.2, -0.15) is 0 Å². The number of hydrogen-bond donors (Lipinski definition) is 1. The summed E-state index contributed by atoms with van der Waals surface area (Å²) in [6.07, 6.45) is 1.99. The second-order valence-corrected chi connectivity index (χ2v) is 6.63. The van der Waals surface area contributed by atoms with Gasteiger partial charge in [0.05, 0.1) is 12.7 Å². The molecular weight excluding hydrogens is 262 g/mol. The average molecular weight is 291 g/mol. The van der Waals surface area contributed by atoms with Crippen LogP contribution in [0, 0.1) is 26.7 Å². The summed E-state index contributed by atoms with van der Waals surface area (Å²) in [7, 11) is 2.09. The fourth-order valence-electron chi connectivity index (χ4n) is 3.57. The Kier molecular flexibility index (Phi) is 5.80. The lowest BCUT2D eigenvalue weighted by molar-refractivity contribution is 0.0341. The number of ether oxygens (including phenoxy) is 1. The van der Waals surface area contributed by atoms with Crippen LogP contribution in [0.5, 0.6) is 0 Å². The second-order valence-electron chi connectivity index (χ2n) is 6.63. The zero-order valence-corrected chi connectivity index (χ0v) is 13.9. The van der Waals surface area contributed by atoms with Gasteiger partial charge in [0.25, 0.3) is 0 Å². The van der Waals surface area contributed by atoms with Crippen molar-refractivity contribution in [1.82, 2.24) is 4.90 Å². The maximum absolute atomic E-state index is 10.6. The molecular formula is C18H29NO2. The molecule has 0 bridgehead atoms. The summed E-state index contributed by atoms with van der Waals surface area (Å²) >= 11 is 0. The smallest absolute Gasteiger partial charge is 0.0921 e. The summed E-state index contributed by atoms with van der Waals surface area (Å²) in [5, 5.41) is 10.6. The van der Waals surface area contributed by atoms with Gasteiger partial charge in [0, 0.05) is 19.7 Å². The van der Waals surface area contributed by atoms with Crippen molar-refractivity contribution in [2.24, 2.45) is 5.92 Å². The minimum Gasteiger partial charge on any atom is -0.387 e. The summed E-state index contributed by atoms with van der Waals surface area (Å²) in [5.74, 6) is 0.608. The van der Waals surface area contributed by atoms with Gasteiger partial charge in [-0.25, -0.2) is 0 Å². The van der Waals surface area contributed by atoms with E-state index in [9.17, 15) is 5.11 Å². The third-order valence-electron chi connectivity index (χ3n) is 4.38. The van der Waals surface area contributed by atoms with Crippen LogP contribution >= 0.6 is 0 Å². The van der Waals surface area contributed by atoms with Gasteiger partial charge >= 0.3 is 0 Å². The van der Waals surface area contributed by atoms with E-state index in [2.05, 4.69) is 44.9 Å². The van der Waals surface area contributed by atoms with Gasteiger partial charge in [-0.05, 0) is 63.3 Å². The molecule has 0 aromatic heterocycles. The lowest BCUT2D eigenvalue weighted by atomic mass is 9.95.